The maximum Gasteiger partial charge on any atom is 0.178 e. The molecule has 1 aliphatic carbocycles. The van der Waals surface area contributed by atoms with Crippen LogP contribution in [0.4, 0.5) is 8.78 Å². The van der Waals surface area contributed by atoms with Gasteiger partial charge in [0.1, 0.15) is 11.6 Å². The summed E-state index contributed by atoms with van der Waals surface area (Å²) < 4.78 is 28.7. The van der Waals surface area contributed by atoms with Crippen LogP contribution in [0.25, 0.3) is 5.65 Å². The monoisotopic (exact) mass is 369 g/mol. The van der Waals surface area contributed by atoms with Crippen molar-refractivity contribution in [3.8, 4) is 0 Å². The number of nitrogens with zero attached hydrogens (tertiary/aromatic N) is 5. The molecule has 2 aromatic heterocycles. The molecule has 1 aliphatic heterocycles. The highest BCUT2D eigenvalue weighted by Gasteiger charge is 2.26. The van der Waals surface area contributed by atoms with Crippen molar-refractivity contribution < 1.29 is 8.78 Å². The van der Waals surface area contributed by atoms with Gasteiger partial charge < -0.3 is 0 Å². The topological polar surface area (TPSA) is 46.3 Å². The van der Waals surface area contributed by atoms with Crippen LogP contribution in [0.2, 0.25) is 0 Å². The van der Waals surface area contributed by atoms with E-state index in [0.717, 1.165) is 62.7 Å². The minimum absolute atomic E-state index is 0.312. The van der Waals surface area contributed by atoms with Gasteiger partial charge >= 0.3 is 0 Å². The van der Waals surface area contributed by atoms with Gasteiger partial charge in [0.05, 0.1) is 5.69 Å². The summed E-state index contributed by atoms with van der Waals surface area (Å²) >= 11 is 0. The number of hydrogen-bond donors (Lipinski definition) is 0. The molecule has 0 atom stereocenters. The molecule has 1 aromatic carbocycles. The highest BCUT2D eigenvalue weighted by Crippen LogP contribution is 2.29. The lowest BCUT2D eigenvalue weighted by molar-refractivity contribution is 0.200. The smallest absolute Gasteiger partial charge is 0.178 e. The standard InChI is InChI=1S/C20H21F2N5/c21-16-8-13(9-17(22)11-16)12-26-6-4-14(5-7-26)20-24-23-19-10-15-2-1-3-18(15)25-27(19)20/h8-11,14H,1-7,12H2. The van der Waals surface area contributed by atoms with E-state index in [9.17, 15) is 8.78 Å². The Bertz CT molecular complexity index is 971. The molecule has 140 valence electrons. The summed E-state index contributed by atoms with van der Waals surface area (Å²) in [5.41, 5.74) is 3.99. The molecule has 0 unspecified atom stereocenters. The van der Waals surface area contributed by atoms with Gasteiger partial charge in [0, 0.05) is 18.5 Å². The zero-order valence-electron chi connectivity index (χ0n) is 15.0. The molecule has 0 N–H and O–H groups in total. The molecular formula is C20H21F2N5. The fourth-order valence-corrected chi connectivity index (χ4v) is 4.36. The van der Waals surface area contributed by atoms with Crippen LogP contribution in [-0.4, -0.2) is 37.8 Å². The highest BCUT2D eigenvalue weighted by molar-refractivity contribution is 5.43. The Kier molecular flexibility index (Phi) is 4.11. The number of aromatic nitrogens is 4. The third-order valence-electron chi connectivity index (χ3n) is 5.72. The molecule has 3 heterocycles. The van der Waals surface area contributed by atoms with Crippen molar-refractivity contribution in [1.29, 1.82) is 0 Å². The second-order valence-electron chi connectivity index (χ2n) is 7.63. The lowest BCUT2D eigenvalue weighted by Gasteiger charge is -2.31. The molecule has 0 bridgehead atoms. The Hall–Kier alpha value is -2.41. The second-order valence-corrected chi connectivity index (χ2v) is 7.63. The maximum absolute atomic E-state index is 13.4. The van der Waals surface area contributed by atoms with Crippen LogP contribution in [0.5, 0.6) is 0 Å². The summed E-state index contributed by atoms with van der Waals surface area (Å²) in [6, 6.07) is 5.85. The molecular weight excluding hydrogens is 348 g/mol. The molecule has 5 nitrogen and oxygen atoms in total. The molecule has 0 amide bonds. The van der Waals surface area contributed by atoms with Crippen molar-refractivity contribution in [3.05, 3.63) is 58.5 Å². The third-order valence-corrected chi connectivity index (χ3v) is 5.72. The summed E-state index contributed by atoms with van der Waals surface area (Å²) in [6.07, 6.45) is 5.16. The summed E-state index contributed by atoms with van der Waals surface area (Å²) in [5.74, 6) is 0.213. The fraction of sp³-hybridized carbons (Fsp3) is 0.450. The molecule has 0 radical (unpaired) electrons. The first-order chi connectivity index (χ1) is 13.2. The van der Waals surface area contributed by atoms with Crippen LogP contribution in [0.3, 0.4) is 0 Å². The Morgan fingerprint density at radius 1 is 0.963 bits per heavy atom. The van der Waals surface area contributed by atoms with Crippen LogP contribution < -0.4 is 0 Å². The lowest BCUT2D eigenvalue weighted by atomic mass is 9.95. The summed E-state index contributed by atoms with van der Waals surface area (Å²) in [6.45, 7) is 2.29. The SMILES string of the molecule is Fc1cc(F)cc(CN2CCC(c3nnc4cc5c(nn34)CCC5)CC2)c1. The molecule has 5 rings (SSSR count). The van der Waals surface area contributed by atoms with E-state index in [4.69, 9.17) is 5.10 Å². The first-order valence-electron chi connectivity index (χ1n) is 9.57. The van der Waals surface area contributed by atoms with Crippen molar-refractivity contribution in [1.82, 2.24) is 24.7 Å². The van der Waals surface area contributed by atoms with E-state index in [2.05, 4.69) is 21.2 Å². The van der Waals surface area contributed by atoms with Crippen LogP contribution in [0.15, 0.2) is 24.3 Å². The molecule has 2 aliphatic rings. The molecule has 1 saturated heterocycles. The minimum atomic E-state index is -0.520. The van der Waals surface area contributed by atoms with Crippen molar-refractivity contribution in [3.63, 3.8) is 0 Å². The Morgan fingerprint density at radius 3 is 2.52 bits per heavy atom. The Morgan fingerprint density at radius 2 is 1.74 bits per heavy atom. The highest BCUT2D eigenvalue weighted by atomic mass is 19.1. The molecule has 1 fully saturated rings. The Balaban J connectivity index is 1.30. The number of aryl methyl sites for hydroxylation is 2. The number of halogens is 2. The minimum Gasteiger partial charge on any atom is -0.299 e. The van der Waals surface area contributed by atoms with Crippen molar-refractivity contribution in [2.24, 2.45) is 0 Å². The van der Waals surface area contributed by atoms with E-state index < -0.39 is 11.6 Å². The predicted octanol–water partition coefficient (Wildman–Crippen LogP) is 3.27. The summed E-state index contributed by atoms with van der Waals surface area (Å²) in [5, 5.41) is 13.5. The molecule has 27 heavy (non-hydrogen) atoms. The normalized spacial score (nSPS) is 18.3. The van der Waals surface area contributed by atoms with Crippen molar-refractivity contribution >= 4 is 5.65 Å². The van der Waals surface area contributed by atoms with Gasteiger partial charge in [-0.2, -0.15) is 9.61 Å². The summed E-state index contributed by atoms with van der Waals surface area (Å²) in [4.78, 5) is 2.24. The zero-order chi connectivity index (χ0) is 18.4. The van der Waals surface area contributed by atoms with Gasteiger partial charge in [0.15, 0.2) is 11.5 Å². The average molecular weight is 369 g/mol. The van der Waals surface area contributed by atoms with Crippen molar-refractivity contribution in [2.45, 2.75) is 44.6 Å². The zero-order valence-corrected chi connectivity index (χ0v) is 15.0. The predicted molar refractivity (Wildman–Crippen MR) is 96.4 cm³/mol. The quantitative estimate of drug-likeness (QED) is 0.711. The first-order valence-corrected chi connectivity index (χ1v) is 9.57. The van der Waals surface area contributed by atoms with Gasteiger partial charge in [-0.05, 0) is 74.5 Å². The lowest BCUT2D eigenvalue weighted by Crippen LogP contribution is -2.33. The van der Waals surface area contributed by atoms with E-state index >= 15 is 0 Å². The largest absolute Gasteiger partial charge is 0.299 e. The Labute approximate surface area is 156 Å². The van der Waals surface area contributed by atoms with E-state index in [1.807, 2.05) is 4.52 Å². The first kappa shape index (κ1) is 16.7. The van der Waals surface area contributed by atoms with Gasteiger partial charge in [-0.3, -0.25) is 4.90 Å². The van der Waals surface area contributed by atoms with Crippen LogP contribution in [0, 0.1) is 11.6 Å². The van der Waals surface area contributed by atoms with Gasteiger partial charge in [0.2, 0.25) is 0 Å². The second kappa shape index (κ2) is 6.64. The van der Waals surface area contributed by atoms with Gasteiger partial charge in [-0.25, -0.2) is 8.78 Å². The molecule has 3 aromatic rings. The van der Waals surface area contributed by atoms with E-state index in [-0.39, 0.29) is 0 Å². The fourth-order valence-electron chi connectivity index (χ4n) is 4.36. The van der Waals surface area contributed by atoms with E-state index in [1.54, 1.807) is 0 Å². The number of rotatable bonds is 3. The number of likely N-dealkylation sites (tertiary alicyclic amines) is 1. The van der Waals surface area contributed by atoms with Crippen LogP contribution in [0.1, 0.15) is 47.8 Å². The van der Waals surface area contributed by atoms with E-state index in [1.165, 1.54) is 23.4 Å². The van der Waals surface area contributed by atoms with Gasteiger partial charge in [0.25, 0.3) is 0 Å². The summed E-state index contributed by atoms with van der Waals surface area (Å²) in [7, 11) is 0. The van der Waals surface area contributed by atoms with Crippen LogP contribution >= 0.6 is 0 Å². The molecule has 0 spiro atoms. The van der Waals surface area contributed by atoms with E-state index in [0.29, 0.717) is 18.0 Å². The molecule has 0 saturated carbocycles. The number of fused-ring (bicyclic) bond motifs is 2. The number of benzene rings is 1. The van der Waals surface area contributed by atoms with Crippen LogP contribution in [-0.2, 0) is 19.4 Å². The van der Waals surface area contributed by atoms with Crippen molar-refractivity contribution in [2.75, 3.05) is 13.1 Å². The van der Waals surface area contributed by atoms with Gasteiger partial charge in [-0.1, -0.05) is 0 Å². The maximum atomic E-state index is 13.4. The number of piperidine rings is 1. The van der Waals surface area contributed by atoms with Gasteiger partial charge in [-0.15, -0.1) is 10.2 Å². The number of hydrogen-bond acceptors (Lipinski definition) is 4. The molecule has 7 heteroatoms. The third kappa shape index (κ3) is 3.20. The average Bonchev–Trinajstić information content (AvgIpc) is 3.25.